The maximum Gasteiger partial charge on any atom is 0.171 e. The van der Waals surface area contributed by atoms with Gasteiger partial charge in [-0.25, -0.2) is 0 Å². The molecule has 1 aliphatic rings. The van der Waals surface area contributed by atoms with Crippen LogP contribution >= 0.6 is 0 Å². The number of carbonyl (C=O) groups excluding carboxylic acids is 1. The predicted octanol–water partition coefficient (Wildman–Crippen LogP) is 2.34. The normalized spacial score (nSPS) is 18.3. The Balaban J connectivity index is 2.24. The van der Waals surface area contributed by atoms with Crippen molar-refractivity contribution in [3.63, 3.8) is 0 Å². The molecule has 0 heterocycles. The van der Waals surface area contributed by atoms with E-state index in [4.69, 9.17) is 0 Å². The summed E-state index contributed by atoms with van der Waals surface area (Å²) in [6.07, 6.45) is 2.71. The monoisotopic (exact) mass is 204 g/mol. The highest BCUT2D eigenvalue weighted by Crippen LogP contribution is 2.43. The summed E-state index contributed by atoms with van der Waals surface area (Å²) in [6.45, 7) is 1.99. The van der Waals surface area contributed by atoms with E-state index >= 15 is 0 Å². The van der Waals surface area contributed by atoms with Gasteiger partial charge in [0.15, 0.2) is 5.78 Å². The molecular weight excluding hydrogens is 188 g/mol. The summed E-state index contributed by atoms with van der Waals surface area (Å²) in [5.74, 6) is 0.108. The molecule has 0 radical (unpaired) electrons. The van der Waals surface area contributed by atoms with Crippen molar-refractivity contribution in [3.8, 4) is 0 Å². The highest BCUT2D eigenvalue weighted by atomic mass is 16.3. The van der Waals surface area contributed by atoms with Crippen molar-refractivity contribution in [2.24, 2.45) is 5.41 Å². The minimum atomic E-state index is -0.463. The van der Waals surface area contributed by atoms with Crippen molar-refractivity contribution >= 4 is 5.78 Å². The number of aliphatic hydroxyl groups excluding tert-OH is 1. The molecule has 2 rings (SSSR count). The van der Waals surface area contributed by atoms with Crippen LogP contribution in [0.15, 0.2) is 24.3 Å². The summed E-state index contributed by atoms with van der Waals surface area (Å²) < 4.78 is 0. The van der Waals surface area contributed by atoms with Crippen molar-refractivity contribution in [2.75, 3.05) is 6.61 Å². The van der Waals surface area contributed by atoms with E-state index < -0.39 is 5.41 Å². The highest BCUT2D eigenvalue weighted by molar-refractivity contribution is 6.01. The van der Waals surface area contributed by atoms with E-state index in [1.807, 2.05) is 31.2 Å². The van der Waals surface area contributed by atoms with Crippen LogP contribution in [0.3, 0.4) is 0 Å². The Morgan fingerprint density at radius 1 is 1.33 bits per heavy atom. The summed E-state index contributed by atoms with van der Waals surface area (Å²) in [7, 11) is 0. The maximum absolute atomic E-state index is 12.1. The Bertz CT molecular complexity index is 355. The lowest BCUT2D eigenvalue weighted by molar-refractivity contribution is 0.0348. The van der Waals surface area contributed by atoms with Crippen LogP contribution in [0.4, 0.5) is 0 Å². The van der Waals surface area contributed by atoms with Crippen LogP contribution in [0.1, 0.15) is 35.2 Å². The van der Waals surface area contributed by atoms with E-state index in [9.17, 15) is 9.90 Å². The van der Waals surface area contributed by atoms with Gasteiger partial charge in [0.2, 0.25) is 0 Å². The molecule has 1 saturated carbocycles. The Morgan fingerprint density at radius 3 is 2.33 bits per heavy atom. The van der Waals surface area contributed by atoms with Crippen LogP contribution < -0.4 is 0 Å². The predicted molar refractivity (Wildman–Crippen MR) is 58.9 cm³/mol. The number of rotatable bonds is 3. The standard InChI is InChI=1S/C13H16O2/c1-10-3-5-11(6-4-10)12(15)13(9-14)7-2-8-13/h3-6,14H,2,7-9H2,1H3. The molecule has 0 aromatic heterocycles. The minimum Gasteiger partial charge on any atom is -0.395 e. The molecular formula is C13H16O2. The molecule has 0 aliphatic heterocycles. The zero-order chi connectivity index (χ0) is 10.9. The van der Waals surface area contributed by atoms with Crippen molar-refractivity contribution < 1.29 is 9.90 Å². The lowest BCUT2D eigenvalue weighted by Crippen LogP contribution is -2.41. The first-order valence-electron chi connectivity index (χ1n) is 5.40. The summed E-state index contributed by atoms with van der Waals surface area (Å²) in [6, 6.07) is 7.59. The molecule has 1 N–H and O–H groups in total. The average Bonchev–Trinajstić information content (AvgIpc) is 2.18. The van der Waals surface area contributed by atoms with Gasteiger partial charge >= 0.3 is 0 Å². The number of hydrogen-bond donors (Lipinski definition) is 1. The van der Waals surface area contributed by atoms with E-state index in [2.05, 4.69) is 0 Å². The molecule has 0 atom stereocenters. The number of carbonyl (C=O) groups is 1. The maximum atomic E-state index is 12.1. The number of aliphatic hydroxyl groups is 1. The van der Waals surface area contributed by atoms with Crippen LogP contribution in [0.25, 0.3) is 0 Å². The SMILES string of the molecule is Cc1ccc(C(=O)C2(CO)CCC2)cc1. The highest BCUT2D eigenvalue weighted by Gasteiger charge is 2.43. The number of aryl methyl sites for hydroxylation is 1. The number of hydrogen-bond acceptors (Lipinski definition) is 2. The van der Waals surface area contributed by atoms with Crippen LogP contribution in [0, 0.1) is 12.3 Å². The van der Waals surface area contributed by atoms with Crippen LogP contribution in [-0.2, 0) is 0 Å². The fourth-order valence-electron chi connectivity index (χ4n) is 2.07. The summed E-state index contributed by atoms with van der Waals surface area (Å²) >= 11 is 0. The second kappa shape index (κ2) is 3.78. The fourth-order valence-corrected chi connectivity index (χ4v) is 2.07. The van der Waals surface area contributed by atoms with Gasteiger partial charge in [-0.1, -0.05) is 36.2 Å². The Labute approximate surface area is 89.9 Å². The van der Waals surface area contributed by atoms with Crippen molar-refractivity contribution in [3.05, 3.63) is 35.4 Å². The van der Waals surface area contributed by atoms with Gasteiger partial charge in [0.25, 0.3) is 0 Å². The molecule has 0 saturated heterocycles. The lowest BCUT2D eigenvalue weighted by atomic mass is 9.65. The minimum absolute atomic E-state index is 0.0142. The second-order valence-corrected chi connectivity index (χ2v) is 4.49. The molecule has 1 aliphatic carbocycles. The molecule has 2 nitrogen and oxygen atoms in total. The zero-order valence-electron chi connectivity index (χ0n) is 8.99. The van der Waals surface area contributed by atoms with E-state index in [0.29, 0.717) is 0 Å². The lowest BCUT2D eigenvalue weighted by Gasteiger charge is -2.38. The van der Waals surface area contributed by atoms with Crippen molar-refractivity contribution in [1.82, 2.24) is 0 Å². The van der Waals surface area contributed by atoms with Gasteiger partial charge in [-0.3, -0.25) is 4.79 Å². The third-order valence-electron chi connectivity index (χ3n) is 3.41. The zero-order valence-corrected chi connectivity index (χ0v) is 8.99. The van der Waals surface area contributed by atoms with Gasteiger partial charge in [-0.15, -0.1) is 0 Å². The van der Waals surface area contributed by atoms with Gasteiger partial charge in [-0.05, 0) is 19.8 Å². The molecule has 0 spiro atoms. The third-order valence-corrected chi connectivity index (χ3v) is 3.41. The first kappa shape index (κ1) is 10.4. The fraction of sp³-hybridized carbons (Fsp3) is 0.462. The largest absolute Gasteiger partial charge is 0.395 e. The summed E-state index contributed by atoms with van der Waals surface area (Å²) in [5.41, 5.74) is 1.42. The number of Topliss-reactive ketones (excluding diaryl/α,β-unsaturated/α-hetero) is 1. The summed E-state index contributed by atoms with van der Waals surface area (Å²) in [4.78, 5) is 12.1. The van der Waals surface area contributed by atoms with Crippen LogP contribution in [-0.4, -0.2) is 17.5 Å². The van der Waals surface area contributed by atoms with Gasteiger partial charge < -0.3 is 5.11 Å². The first-order valence-corrected chi connectivity index (χ1v) is 5.40. The van der Waals surface area contributed by atoms with Gasteiger partial charge in [0.1, 0.15) is 0 Å². The summed E-state index contributed by atoms with van der Waals surface area (Å²) in [5, 5.41) is 9.30. The molecule has 0 unspecified atom stereocenters. The molecule has 1 aromatic rings. The number of benzene rings is 1. The molecule has 1 fully saturated rings. The molecule has 0 bridgehead atoms. The van der Waals surface area contributed by atoms with Gasteiger partial charge in [-0.2, -0.15) is 0 Å². The first-order chi connectivity index (χ1) is 7.18. The molecule has 80 valence electrons. The second-order valence-electron chi connectivity index (χ2n) is 4.49. The van der Waals surface area contributed by atoms with E-state index in [1.165, 1.54) is 0 Å². The smallest absolute Gasteiger partial charge is 0.171 e. The van der Waals surface area contributed by atoms with Gasteiger partial charge in [0, 0.05) is 5.56 Å². The number of ketones is 1. The van der Waals surface area contributed by atoms with E-state index in [1.54, 1.807) is 0 Å². The third kappa shape index (κ3) is 1.70. The van der Waals surface area contributed by atoms with Crippen molar-refractivity contribution in [1.29, 1.82) is 0 Å². The molecule has 1 aromatic carbocycles. The average molecular weight is 204 g/mol. The topological polar surface area (TPSA) is 37.3 Å². The van der Waals surface area contributed by atoms with E-state index in [-0.39, 0.29) is 12.4 Å². The van der Waals surface area contributed by atoms with Gasteiger partial charge in [0.05, 0.1) is 12.0 Å². The van der Waals surface area contributed by atoms with E-state index in [0.717, 1.165) is 30.4 Å². The molecule has 0 amide bonds. The van der Waals surface area contributed by atoms with Crippen LogP contribution in [0.2, 0.25) is 0 Å². The Kier molecular flexibility index (Phi) is 2.61. The molecule has 15 heavy (non-hydrogen) atoms. The Morgan fingerprint density at radius 2 is 1.93 bits per heavy atom. The quantitative estimate of drug-likeness (QED) is 0.767. The molecule has 2 heteroatoms. The van der Waals surface area contributed by atoms with Crippen molar-refractivity contribution in [2.45, 2.75) is 26.2 Å². The Hall–Kier alpha value is -1.15. The van der Waals surface area contributed by atoms with Crippen LogP contribution in [0.5, 0.6) is 0 Å².